The van der Waals surface area contributed by atoms with Gasteiger partial charge in [0, 0.05) is 32.3 Å². The molecule has 0 amide bonds. The standard InChI is InChI=1S/C13H17NO.C7H6O.CH3Se/c1-15-13-8-5-9-14(11-13)10-12-6-3-2-4-7-12;8-6-7-4-2-1-3-5-7;1-2/h2-8,13H,9-11H2,1H3;1-6H;1H3. The smallest absolute Gasteiger partial charge is 0.150 e. The zero-order valence-electron chi connectivity index (χ0n) is 14.9. The molecule has 0 fully saturated rings. The van der Waals surface area contributed by atoms with E-state index < -0.39 is 0 Å². The Bertz CT molecular complexity index is 602. The predicted octanol–water partition coefficient (Wildman–Crippen LogP) is 3.78. The summed E-state index contributed by atoms with van der Waals surface area (Å²) in [5.41, 5.74) is 2.09. The molecule has 1 heterocycles. The van der Waals surface area contributed by atoms with E-state index in [9.17, 15) is 4.79 Å². The van der Waals surface area contributed by atoms with E-state index in [-0.39, 0.29) is 6.10 Å². The van der Waals surface area contributed by atoms with Gasteiger partial charge in [0.2, 0.25) is 0 Å². The molecule has 1 radical (unpaired) electrons. The Morgan fingerprint density at radius 2 is 1.68 bits per heavy atom. The number of carbonyl (C=O) groups is 1. The molecule has 1 unspecified atom stereocenters. The fourth-order valence-corrected chi connectivity index (χ4v) is 2.41. The second-order valence-corrected chi connectivity index (χ2v) is 5.41. The first-order valence-electron chi connectivity index (χ1n) is 8.18. The molecule has 0 aliphatic carbocycles. The van der Waals surface area contributed by atoms with Crippen LogP contribution in [-0.4, -0.2) is 53.5 Å². The molecule has 0 saturated heterocycles. The zero-order chi connectivity index (χ0) is 18.3. The third-order valence-corrected chi connectivity index (χ3v) is 3.64. The zero-order valence-corrected chi connectivity index (χ0v) is 16.6. The van der Waals surface area contributed by atoms with Crippen molar-refractivity contribution in [3.63, 3.8) is 0 Å². The quantitative estimate of drug-likeness (QED) is 0.442. The van der Waals surface area contributed by atoms with Gasteiger partial charge in [-0.25, -0.2) is 0 Å². The van der Waals surface area contributed by atoms with Crippen LogP contribution < -0.4 is 0 Å². The molecule has 2 aromatic carbocycles. The largest absolute Gasteiger partial charge is 0.298 e. The fourth-order valence-electron chi connectivity index (χ4n) is 2.41. The SMILES string of the molecule is COC1C=CCN(Cc2ccccc2)C1.C[Se].O=Cc1ccccc1. The van der Waals surface area contributed by atoms with Crippen molar-refractivity contribution in [2.24, 2.45) is 0 Å². The maximum absolute atomic E-state index is 10.0. The molecule has 0 N–H and O–H groups in total. The van der Waals surface area contributed by atoms with Crippen molar-refractivity contribution in [2.75, 3.05) is 20.2 Å². The van der Waals surface area contributed by atoms with Crippen LogP contribution in [0, 0.1) is 0 Å². The molecule has 0 spiro atoms. The van der Waals surface area contributed by atoms with Crippen molar-refractivity contribution in [1.82, 2.24) is 4.90 Å². The third kappa shape index (κ3) is 8.80. The molecular weight excluding hydrogens is 377 g/mol. The number of benzene rings is 2. The van der Waals surface area contributed by atoms with E-state index >= 15 is 0 Å². The van der Waals surface area contributed by atoms with Crippen LogP contribution in [0.3, 0.4) is 0 Å². The van der Waals surface area contributed by atoms with Gasteiger partial charge in [-0.15, -0.1) is 0 Å². The van der Waals surface area contributed by atoms with E-state index in [2.05, 4.69) is 63.4 Å². The summed E-state index contributed by atoms with van der Waals surface area (Å²) in [6.07, 6.45) is 5.41. The van der Waals surface area contributed by atoms with Crippen molar-refractivity contribution in [3.05, 3.63) is 83.9 Å². The van der Waals surface area contributed by atoms with Crippen molar-refractivity contribution >= 4 is 22.3 Å². The van der Waals surface area contributed by atoms with Crippen LogP contribution in [0.4, 0.5) is 0 Å². The van der Waals surface area contributed by atoms with Gasteiger partial charge in [0.15, 0.2) is 0 Å². The molecule has 1 aliphatic heterocycles. The van der Waals surface area contributed by atoms with E-state index in [1.807, 2.05) is 24.0 Å². The first-order chi connectivity index (χ1) is 12.3. The van der Waals surface area contributed by atoms with Crippen LogP contribution in [0.25, 0.3) is 0 Å². The monoisotopic (exact) mass is 404 g/mol. The second kappa shape index (κ2) is 13.6. The number of rotatable bonds is 4. The van der Waals surface area contributed by atoms with E-state index in [4.69, 9.17) is 4.74 Å². The van der Waals surface area contributed by atoms with Crippen molar-refractivity contribution < 1.29 is 9.53 Å². The van der Waals surface area contributed by atoms with Crippen molar-refractivity contribution in [3.8, 4) is 0 Å². The molecule has 2 aromatic rings. The fraction of sp³-hybridized carbons (Fsp3) is 0.286. The van der Waals surface area contributed by atoms with Gasteiger partial charge in [-0.2, -0.15) is 0 Å². The predicted molar refractivity (Wildman–Crippen MR) is 105 cm³/mol. The van der Waals surface area contributed by atoms with E-state index in [1.54, 1.807) is 19.2 Å². The van der Waals surface area contributed by atoms with E-state index in [0.717, 1.165) is 31.5 Å². The van der Waals surface area contributed by atoms with Crippen LogP contribution in [0.1, 0.15) is 15.9 Å². The minimum Gasteiger partial charge on any atom is -0.298 e. The van der Waals surface area contributed by atoms with Crippen LogP contribution in [0.15, 0.2) is 72.8 Å². The van der Waals surface area contributed by atoms with Gasteiger partial charge in [-0.3, -0.25) is 9.69 Å². The maximum atomic E-state index is 10.0. The van der Waals surface area contributed by atoms with Gasteiger partial charge in [0.25, 0.3) is 0 Å². The van der Waals surface area contributed by atoms with Crippen LogP contribution in [-0.2, 0) is 11.3 Å². The average Bonchev–Trinajstić information content (AvgIpc) is 2.71. The van der Waals surface area contributed by atoms with Crippen LogP contribution in [0.2, 0.25) is 5.82 Å². The Labute approximate surface area is 159 Å². The summed E-state index contributed by atoms with van der Waals surface area (Å²) in [6.45, 7) is 3.02. The molecule has 0 saturated carbocycles. The summed E-state index contributed by atoms with van der Waals surface area (Å²) in [5, 5.41) is 0. The summed E-state index contributed by atoms with van der Waals surface area (Å²) >= 11 is 2.62. The Kier molecular flexibility index (Phi) is 11.6. The van der Waals surface area contributed by atoms with Gasteiger partial charge < -0.3 is 4.74 Å². The Morgan fingerprint density at radius 1 is 1.08 bits per heavy atom. The molecule has 3 nitrogen and oxygen atoms in total. The third-order valence-electron chi connectivity index (χ3n) is 3.64. The Morgan fingerprint density at radius 3 is 2.20 bits per heavy atom. The topological polar surface area (TPSA) is 29.5 Å². The summed E-state index contributed by atoms with van der Waals surface area (Å²) in [5.74, 6) is 1.88. The van der Waals surface area contributed by atoms with Gasteiger partial charge in [0.1, 0.15) is 6.29 Å². The number of methoxy groups -OCH3 is 1. The number of carbonyl (C=O) groups excluding carboxylic acids is 1. The van der Waals surface area contributed by atoms with Gasteiger partial charge in [0.05, 0.1) is 6.10 Å². The molecule has 4 heteroatoms. The molecule has 133 valence electrons. The maximum Gasteiger partial charge on any atom is 0.150 e. The average molecular weight is 403 g/mol. The summed E-state index contributed by atoms with van der Waals surface area (Å²) in [4.78, 5) is 12.4. The molecule has 0 aromatic heterocycles. The summed E-state index contributed by atoms with van der Waals surface area (Å²) in [6, 6.07) is 19.7. The number of nitrogens with zero attached hydrogens (tertiary/aromatic N) is 1. The number of hydrogen-bond acceptors (Lipinski definition) is 3. The normalized spacial score (nSPS) is 16.0. The van der Waals surface area contributed by atoms with Crippen molar-refractivity contribution in [1.29, 1.82) is 0 Å². The number of hydrogen-bond donors (Lipinski definition) is 0. The summed E-state index contributed by atoms with van der Waals surface area (Å²) in [7, 11) is 1.76. The van der Waals surface area contributed by atoms with Crippen LogP contribution in [0.5, 0.6) is 0 Å². The molecule has 3 rings (SSSR count). The molecule has 1 aliphatic rings. The molecule has 25 heavy (non-hydrogen) atoms. The molecular formula is C21H26NO2Se. The Hall–Kier alpha value is -1.71. The molecule has 1 atom stereocenters. The number of ether oxygens (including phenoxy) is 1. The van der Waals surface area contributed by atoms with Gasteiger partial charge in [-0.05, 0) is 5.56 Å². The van der Waals surface area contributed by atoms with Crippen LogP contribution >= 0.6 is 0 Å². The van der Waals surface area contributed by atoms with Gasteiger partial charge >= 0.3 is 21.8 Å². The second-order valence-electron chi connectivity index (χ2n) is 5.41. The molecule has 0 bridgehead atoms. The minimum atomic E-state index is 0.252. The van der Waals surface area contributed by atoms with Crippen molar-refractivity contribution in [2.45, 2.75) is 18.5 Å². The van der Waals surface area contributed by atoms with E-state index in [1.165, 1.54) is 5.56 Å². The first-order valence-corrected chi connectivity index (χ1v) is 9.90. The summed E-state index contributed by atoms with van der Waals surface area (Å²) < 4.78 is 5.33. The number of aldehydes is 1. The Balaban J connectivity index is 0.000000264. The minimum absolute atomic E-state index is 0.252. The van der Waals surface area contributed by atoms with Gasteiger partial charge in [-0.1, -0.05) is 72.8 Å². The van der Waals surface area contributed by atoms with E-state index in [0.29, 0.717) is 0 Å². The first kappa shape index (κ1) is 21.3.